The number of rotatable bonds is 5. The molecule has 0 saturated heterocycles. The molecule has 1 aliphatic heterocycles. The first-order chi connectivity index (χ1) is 16.2. The van der Waals surface area contributed by atoms with E-state index in [2.05, 4.69) is 36.7 Å². The van der Waals surface area contributed by atoms with E-state index < -0.39 is 0 Å². The summed E-state index contributed by atoms with van der Waals surface area (Å²) in [4.78, 5) is 26.3. The van der Waals surface area contributed by atoms with Gasteiger partial charge in [-0.05, 0) is 60.7 Å². The SMILES string of the molecule is O=C(Nc1cccc(N2N=NCC2C2CC2)n1)c1cc(-c2cnc3ccccc3c2)ccn1. The molecule has 1 N–H and O–H groups in total. The Morgan fingerprint density at radius 1 is 0.970 bits per heavy atom. The van der Waals surface area contributed by atoms with Crippen molar-refractivity contribution in [2.45, 2.75) is 18.9 Å². The van der Waals surface area contributed by atoms with Crippen molar-refractivity contribution in [3.63, 3.8) is 0 Å². The Hall–Kier alpha value is -4.20. The molecule has 1 aromatic carbocycles. The fraction of sp³-hybridized carbons (Fsp3) is 0.200. The van der Waals surface area contributed by atoms with E-state index in [4.69, 9.17) is 0 Å². The second-order valence-electron chi connectivity index (χ2n) is 8.34. The Balaban J connectivity index is 1.23. The number of benzene rings is 1. The van der Waals surface area contributed by atoms with E-state index in [0.717, 1.165) is 22.0 Å². The van der Waals surface area contributed by atoms with Crippen molar-refractivity contribution >= 4 is 28.4 Å². The van der Waals surface area contributed by atoms with Crippen LogP contribution in [0.3, 0.4) is 0 Å². The van der Waals surface area contributed by atoms with Crippen LogP contribution in [0.5, 0.6) is 0 Å². The zero-order valence-corrected chi connectivity index (χ0v) is 17.8. The summed E-state index contributed by atoms with van der Waals surface area (Å²) < 4.78 is 0. The molecule has 3 aromatic heterocycles. The standard InChI is InChI=1S/C25H21N7O/c33-25(30-23-6-3-7-24(29-23)32-22(15-28-31-32)16-8-9-16)21-13-17(10-11-26-21)19-12-18-4-1-2-5-20(18)27-14-19/h1-7,10-14,16,22H,8-9,15H2,(H,29,30,33). The second-order valence-corrected chi connectivity index (χ2v) is 8.34. The molecule has 33 heavy (non-hydrogen) atoms. The molecule has 8 heteroatoms. The topological polar surface area (TPSA) is 95.7 Å². The summed E-state index contributed by atoms with van der Waals surface area (Å²) in [6, 6.07) is 19.4. The number of amides is 1. The van der Waals surface area contributed by atoms with Crippen LogP contribution in [0.25, 0.3) is 22.0 Å². The number of fused-ring (bicyclic) bond motifs is 1. The predicted octanol–water partition coefficient (Wildman–Crippen LogP) is 4.91. The lowest BCUT2D eigenvalue weighted by atomic mass is 10.1. The Morgan fingerprint density at radius 2 is 1.88 bits per heavy atom. The van der Waals surface area contributed by atoms with Crippen LogP contribution in [0.2, 0.25) is 0 Å². The van der Waals surface area contributed by atoms with Gasteiger partial charge < -0.3 is 5.32 Å². The first kappa shape index (κ1) is 19.5. The summed E-state index contributed by atoms with van der Waals surface area (Å²) in [5.41, 5.74) is 3.04. The quantitative estimate of drug-likeness (QED) is 0.480. The molecule has 1 aliphatic carbocycles. The van der Waals surface area contributed by atoms with Crippen molar-refractivity contribution in [3.05, 3.63) is 78.8 Å². The molecule has 4 heterocycles. The largest absolute Gasteiger partial charge is 0.305 e. The van der Waals surface area contributed by atoms with Crippen LogP contribution in [0.4, 0.5) is 11.6 Å². The van der Waals surface area contributed by atoms with Gasteiger partial charge in [0.1, 0.15) is 11.5 Å². The lowest BCUT2D eigenvalue weighted by Gasteiger charge is -2.20. The van der Waals surface area contributed by atoms with Gasteiger partial charge in [-0.3, -0.25) is 14.8 Å². The minimum absolute atomic E-state index is 0.261. The van der Waals surface area contributed by atoms with Crippen LogP contribution in [-0.4, -0.2) is 33.4 Å². The summed E-state index contributed by atoms with van der Waals surface area (Å²) in [6.07, 6.45) is 5.86. The van der Waals surface area contributed by atoms with Crippen LogP contribution in [0.1, 0.15) is 23.3 Å². The fourth-order valence-corrected chi connectivity index (χ4v) is 4.14. The molecule has 6 rings (SSSR count). The molecule has 1 unspecified atom stereocenters. The monoisotopic (exact) mass is 435 g/mol. The molecule has 8 nitrogen and oxygen atoms in total. The Bertz CT molecular complexity index is 1380. The molecule has 162 valence electrons. The third-order valence-corrected chi connectivity index (χ3v) is 6.04. The number of carbonyl (C=O) groups is 1. The van der Waals surface area contributed by atoms with E-state index in [0.29, 0.717) is 29.8 Å². The van der Waals surface area contributed by atoms with Crippen molar-refractivity contribution in [3.8, 4) is 11.1 Å². The molecular weight excluding hydrogens is 414 g/mol. The highest BCUT2D eigenvalue weighted by atomic mass is 16.1. The van der Waals surface area contributed by atoms with E-state index in [1.165, 1.54) is 12.8 Å². The highest BCUT2D eigenvalue weighted by Crippen LogP contribution is 2.39. The minimum Gasteiger partial charge on any atom is -0.305 e. The van der Waals surface area contributed by atoms with Gasteiger partial charge in [0, 0.05) is 23.3 Å². The Labute approximate surface area is 190 Å². The summed E-state index contributed by atoms with van der Waals surface area (Å²) >= 11 is 0. The number of hydrogen-bond acceptors (Lipinski definition) is 7. The highest BCUT2D eigenvalue weighted by Gasteiger charge is 2.38. The molecule has 0 bridgehead atoms. The summed E-state index contributed by atoms with van der Waals surface area (Å²) in [7, 11) is 0. The van der Waals surface area contributed by atoms with Crippen molar-refractivity contribution in [1.29, 1.82) is 0 Å². The molecule has 1 amide bonds. The van der Waals surface area contributed by atoms with E-state index in [1.807, 2.05) is 53.7 Å². The molecular formula is C25H21N7O. The maximum absolute atomic E-state index is 12.9. The third kappa shape index (κ3) is 3.91. The number of anilines is 2. The number of para-hydroxylation sites is 1. The number of nitrogens with zero attached hydrogens (tertiary/aromatic N) is 6. The van der Waals surface area contributed by atoms with Gasteiger partial charge in [-0.1, -0.05) is 29.5 Å². The predicted molar refractivity (Wildman–Crippen MR) is 126 cm³/mol. The van der Waals surface area contributed by atoms with E-state index in [-0.39, 0.29) is 11.9 Å². The first-order valence-electron chi connectivity index (χ1n) is 11.0. The minimum atomic E-state index is -0.322. The number of nitrogens with one attached hydrogen (secondary N) is 1. The molecule has 2 aliphatic rings. The van der Waals surface area contributed by atoms with Gasteiger partial charge in [0.25, 0.3) is 5.91 Å². The Kier molecular flexibility index (Phi) is 4.75. The van der Waals surface area contributed by atoms with Crippen LogP contribution >= 0.6 is 0 Å². The van der Waals surface area contributed by atoms with Crippen LogP contribution in [-0.2, 0) is 0 Å². The van der Waals surface area contributed by atoms with Gasteiger partial charge in [0.2, 0.25) is 0 Å². The number of aromatic nitrogens is 3. The molecule has 1 atom stereocenters. The van der Waals surface area contributed by atoms with Gasteiger partial charge in [-0.2, -0.15) is 5.11 Å². The molecule has 1 fully saturated rings. The maximum atomic E-state index is 12.9. The normalized spacial score (nSPS) is 17.5. The maximum Gasteiger partial charge on any atom is 0.275 e. The van der Waals surface area contributed by atoms with Crippen LogP contribution in [0.15, 0.2) is 83.4 Å². The van der Waals surface area contributed by atoms with Crippen molar-refractivity contribution in [2.24, 2.45) is 16.3 Å². The average molecular weight is 435 g/mol. The zero-order valence-electron chi connectivity index (χ0n) is 17.8. The smallest absolute Gasteiger partial charge is 0.275 e. The van der Waals surface area contributed by atoms with E-state index in [1.54, 1.807) is 18.3 Å². The molecule has 0 spiro atoms. The first-order valence-corrected chi connectivity index (χ1v) is 11.0. The zero-order chi connectivity index (χ0) is 22.2. The van der Waals surface area contributed by atoms with Crippen molar-refractivity contribution in [1.82, 2.24) is 15.0 Å². The number of hydrogen-bond donors (Lipinski definition) is 1. The van der Waals surface area contributed by atoms with Gasteiger partial charge >= 0.3 is 0 Å². The van der Waals surface area contributed by atoms with Crippen molar-refractivity contribution in [2.75, 3.05) is 16.9 Å². The Morgan fingerprint density at radius 3 is 2.79 bits per heavy atom. The fourth-order valence-electron chi connectivity index (χ4n) is 4.14. The lowest BCUT2D eigenvalue weighted by Crippen LogP contribution is -2.31. The van der Waals surface area contributed by atoms with E-state index in [9.17, 15) is 4.79 Å². The highest BCUT2D eigenvalue weighted by molar-refractivity contribution is 6.03. The van der Waals surface area contributed by atoms with Gasteiger partial charge in [-0.25, -0.2) is 9.99 Å². The number of carbonyl (C=O) groups excluding carboxylic acids is 1. The molecule has 1 saturated carbocycles. The van der Waals surface area contributed by atoms with Gasteiger partial charge in [0.05, 0.1) is 18.1 Å². The summed E-state index contributed by atoms with van der Waals surface area (Å²) in [6.45, 7) is 0.698. The van der Waals surface area contributed by atoms with Crippen LogP contribution in [0, 0.1) is 5.92 Å². The molecule has 4 aromatic rings. The van der Waals surface area contributed by atoms with Gasteiger partial charge in [0.15, 0.2) is 5.82 Å². The van der Waals surface area contributed by atoms with Crippen molar-refractivity contribution < 1.29 is 4.79 Å². The average Bonchev–Trinajstić information content (AvgIpc) is 3.59. The summed E-state index contributed by atoms with van der Waals surface area (Å²) in [5.74, 6) is 1.44. The summed E-state index contributed by atoms with van der Waals surface area (Å²) in [5, 5.41) is 14.2. The van der Waals surface area contributed by atoms with Crippen LogP contribution < -0.4 is 10.3 Å². The second kappa shape index (κ2) is 8.05. The van der Waals surface area contributed by atoms with Gasteiger partial charge in [-0.15, -0.1) is 0 Å². The lowest BCUT2D eigenvalue weighted by molar-refractivity contribution is 0.102. The number of pyridine rings is 3. The van der Waals surface area contributed by atoms with E-state index >= 15 is 0 Å². The molecule has 0 radical (unpaired) electrons. The third-order valence-electron chi connectivity index (χ3n) is 6.04.